The lowest BCUT2D eigenvalue weighted by Crippen LogP contribution is -1.86. The lowest BCUT2D eigenvalue weighted by atomic mass is 9.99. The maximum atomic E-state index is 4.03. The first-order chi connectivity index (χ1) is 9.45. The molecule has 3 aromatic rings. The normalized spacial score (nSPS) is 9.58. The van der Waals surface area contributed by atoms with Gasteiger partial charge < -0.3 is 0 Å². The predicted molar refractivity (Wildman–Crippen MR) is 76.4 cm³/mol. The zero-order valence-corrected chi connectivity index (χ0v) is 11.0. The van der Waals surface area contributed by atoms with Crippen molar-refractivity contribution in [2.45, 2.75) is 13.8 Å². The van der Waals surface area contributed by atoms with Crippen molar-refractivity contribution in [3.63, 3.8) is 0 Å². The molecule has 4 nitrogen and oxygen atoms in total. The number of H-pyrrole nitrogens is 1. The maximum Gasteiger partial charge on any atom is 0.205 e. The Morgan fingerprint density at radius 3 is 2.05 bits per heavy atom. The number of aromatic amines is 1. The first kappa shape index (κ1) is 13.0. The topological polar surface area (TPSA) is 54.5 Å². The van der Waals surface area contributed by atoms with Crippen LogP contribution in [0.4, 0.5) is 0 Å². The SMILES string of the molecule is CC.c1ccc(-c2ccccc2-c2nn[nH]n2)cc1. The smallest absolute Gasteiger partial charge is 0.177 e. The highest BCUT2D eigenvalue weighted by Gasteiger charge is 2.09. The van der Waals surface area contributed by atoms with E-state index in [1.54, 1.807) is 0 Å². The van der Waals surface area contributed by atoms with Crippen LogP contribution in [0.3, 0.4) is 0 Å². The van der Waals surface area contributed by atoms with E-state index in [4.69, 9.17) is 0 Å². The summed E-state index contributed by atoms with van der Waals surface area (Å²) in [5, 5.41) is 14.1. The molecule has 0 aliphatic carbocycles. The van der Waals surface area contributed by atoms with Crippen molar-refractivity contribution >= 4 is 0 Å². The van der Waals surface area contributed by atoms with Crippen LogP contribution >= 0.6 is 0 Å². The molecule has 0 aliphatic rings. The van der Waals surface area contributed by atoms with Crippen LogP contribution in [0.2, 0.25) is 0 Å². The zero-order chi connectivity index (χ0) is 13.5. The average Bonchev–Trinajstić information content (AvgIpc) is 3.04. The maximum absolute atomic E-state index is 4.03. The highest BCUT2D eigenvalue weighted by atomic mass is 15.5. The van der Waals surface area contributed by atoms with Crippen molar-refractivity contribution in [2.24, 2.45) is 0 Å². The summed E-state index contributed by atoms with van der Waals surface area (Å²) >= 11 is 0. The monoisotopic (exact) mass is 252 g/mol. The number of hydrogen-bond acceptors (Lipinski definition) is 3. The molecule has 1 aromatic heterocycles. The number of aromatic nitrogens is 4. The summed E-state index contributed by atoms with van der Waals surface area (Å²) in [6.07, 6.45) is 0. The van der Waals surface area contributed by atoms with E-state index in [1.165, 1.54) is 0 Å². The molecule has 0 saturated carbocycles. The number of hydrogen-bond donors (Lipinski definition) is 1. The number of tetrazole rings is 1. The van der Waals surface area contributed by atoms with Crippen LogP contribution in [0.25, 0.3) is 22.5 Å². The average molecular weight is 252 g/mol. The molecule has 0 fully saturated rings. The molecular weight excluding hydrogens is 236 g/mol. The molecular formula is C15H16N4. The largest absolute Gasteiger partial charge is 0.205 e. The first-order valence-electron chi connectivity index (χ1n) is 6.33. The van der Waals surface area contributed by atoms with Crippen molar-refractivity contribution in [1.29, 1.82) is 0 Å². The van der Waals surface area contributed by atoms with Gasteiger partial charge in [-0.2, -0.15) is 5.21 Å². The van der Waals surface area contributed by atoms with E-state index in [9.17, 15) is 0 Å². The van der Waals surface area contributed by atoms with Crippen LogP contribution in [0.15, 0.2) is 54.6 Å². The minimum Gasteiger partial charge on any atom is -0.177 e. The van der Waals surface area contributed by atoms with Gasteiger partial charge in [-0.05, 0) is 16.3 Å². The van der Waals surface area contributed by atoms with Crippen LogP contribution in [0.1, 0.15) is 13.8 Å². The van der Waals surface area contributed by atoms with Gasteiger partial charge in [0, 0.05) is 5.56 Å². The van der Waals surface area contributed by atoms with Gasteiger partial charge in [-0.1, -0.05) is 68.4 Å². The molecule has 4 heteroatoms. The molecule has 1 N–H and O–H groups in total. The second-order valence-electron chi connectivity index (χ2n) is 3.65. The molecule has 0 saturated heterocycles. The van der Waals surface area contributed by atoms with E-state index in [-0.39, 0.29) is 0 Å². The van der Waals surface area contributed by atoms with Gasteiger partial charge in [0.2, 0.25) is 5.82 Å². The van der Waals surface area contributed by atoms with Crippen LogP contribution < -0.4 is 0 Å². The summed E-state index contributed by atoms with van der Waals surface area (Å²) in [6, 6.07) is 18.2. The third kappa shape index (κ3) is 2.85. The summed E-state index contributed by atoms with van der Waals surface area (Å²) in [5.74, 6) is 0.615. The molecule has 0 radical (unpaired) electrons. The Balaban J connectivity index is 0.000000637. The second kappa shape index (κ2) is 6.44. The van der Waals surface area contributed by atoms with Gasteiger partial charge in [0.05, 0.1) is 0 Å². The van der Waals surface area contributed by atoms with Crippen molar-refractivity contribution in [3.05, 3.63) is 54.6 Å². The van der Waals surface area contributed by atoms with Crippen molar-refractivity contribution in [1.82, 2.24) is 20.6 Å². The zero-order valence-electron chi connectivity index (χ0n) is 11.0. The Bertz CT molecular complexity index is 603. The molecule has 0 aliphatic heterocycles. The van der Waals surface area contributed by atoms with E-state index < -0.39 is 0 Å². The third-order valence-electron chi connectivity index (χ3n) is 2.60. The van der Waals surface area contributed by atoms with E-state index in [0.29, 0.717) is 5.82 Å². The fraction of sp³-hybridized carbons (Fsp3) is 0.133. The van der Waals surface area contributed by atoms with E-state index in [2.05, 4.69) is 38.8 Å². The van der Waals surface area contributed by atoms with Gasteiger partial charge >= 0.3 is 0 Å². The van der Waals surface area contributed by atoms with E-state index in [0.717, 1.165) is 16.7 Å². The van der Waals surface area contributed by atoms with Gasteiger partial charge in [0.25, 0.3) is 0 Å². The van der Waals surface area contributed by atoms with Gasteiger partial charge in [0.1, 0.15) is 0 Å². The van der Waals surface area contributed by atoms with Crippen LogP contribution in [-0.4, -0.2) is 20.6 Å². The number of nitrogens with zero attached hydrogens (tertiary/aromatic N) is 3. The Labute approximate surface area is 112 Å². The molecule has 0 spiro atoms. The van der Waals surface area contributed by atoms with Gasteiger partial charge in [-0.25, -0.2) is 0 Å². The number of benzene rings is 2. The molecule has 0 bridgehead atoms. The Kier molecular flexibility index (Phi) is 4.39. The molecule has 1 heterocycles. The molecule has 0 amide bonds. The Morgan fingerprint density at radius 1 is 0.789 bits per heavy atom. The summed E-state index contributed by atoms with van der Waals surface area (Å²) < 4.78 is 0. The van der Waals surface area contributed by atoms with Crippen LogP contribution in [0.5, 0.6) is 0 Å². The highest BCUT2D eigenvalue weighted by Crippen LogP contribution is 2.28. The van der Waals surface area contributed by atoms with Crippen molar-refractivity contribution in [3.8, 4) is 22.5 Å². The van der Waals surface area contributed by atoms with Crippen molar-refractivity contribution in [2.75, 3.05) is 0 Å². The fourth-order valence-corrected chi connectivity index (χ4v) is 1.82. The summed E-state index contributed by atoms with van der Waals surface area (Å²) in [6.45, 7) is 4.00. The van der Waals surface area contributed by atoms with E-state index in [1.807, 2.05) is 50.2 Å². The third-order valence-corrected chi connectivity index (χ3v) is 2.60. The summed E-state index contributed by atoms with van der Waals surface area (Å²) in [7, 11) is 0. The number of rotatable bonds is 2. The second-order valence-corrected chi connectivity index (χ2v) is 3.65. The minimum absolute atomic E-state index is 0.615. The Morgan fingerprint density at radius 2 is 1.42 bits per heavy atom. The molecule has 3 rings (SSSR count). The van der Waals surface area contributed by atoms with Crippen LogP contribution in [0, 0.1) is 0 Å². The molecule has 0 unspecified atom stereocenters. The van der Waals surface area contributed by atoms with Gasteiger partial charge in [0.15, 0.2) is 0 Å². The first-order valence-corrected chi connectivity index (χ1v) is 6.33. The van der Waals surface area contributed by atoms with Crippen molar-refractivity contribution < 1.29 is 0 Å². The fourth-order valence-electron chi connectivity index (χ4n) is 1.82. The van der Waals surface area contributed by atoms with Gasteiger partial charge in [-0.3, -0.25) is 0 Å². The lowest BCUT2D eigenvalue weighted by Gasteiger charge is -2.05. The summed E-state index contributed by atoms with van der Waals surface area (Å²) in [4.78, 5) is 0. The highest BCUT2D eigenvalue weighted by molar-refractivity contribution is 5.80. The van der Waals surface area contributed by atoms with E-state index >= 15 is 0 Å². The number of nitrogens with one attached hydrogen (secondary N) is 1. The minimum atomic E-state index is 0.615. The Hall–Kier alpha value is -2.49. The standard InChI is InChI=1S/C13H10N4.C2H6/c1-2-6-10(7-3-1)11-8-4-5-9-12(11)13-14-16-17-15-13;1-2/h1-9H,(H,14,15,16,17);1-2H3. The lowest BCUT2D eigenvalue weighted by molar-refractivity contribution is 0.881. The van der Waals surface area contributed by atoms with Gasteiger partial charge in [-0.15, -0.1) is 10.2 Å². The molecule has 19 heavy (non-hydrogen) atoms. The predicted octanol–water partition coefficient (Wildman–Crippen LogP) is 3.56. The molecule has 2 aromatic carbocycles. The molecule has 0 atom stereocenters. The van der Waals surface area contributed by atoms with Crippen LogP contribution in [-0.2, 0) is 0 Å². The molecule has 96 valence electrons. The summed E-state index contributed by atoms with van der Waals surface area (Å²) in [5.41, 5.74) is 3.23. The quantitative estimate of drug-likeness (QED) is 0.758.